The number of carbonyl (C=O) groups is 1. The minimum atomic E-state index is -0.356. The summed E-state index contributed by atoms with van der Waals surface area (Å²) < 4.78 is 12.0. The van der Waals surface area contributed by atoms with Crippen LogP contribution < -0.4 is 5.32 Å². The second kappa shape index (κ2) is 10.4. The van der Waals surface area contributed by atoms with E-state index < -0.39 is 0 Å². The summed E-state index contributed by atoms with van der Waals surface area (Å²) in [5.41, 5.74) is 0. The summed E-state index contributed by atoms with van der Waals surface area (Å²) in [5, 5.41) is 3.36. The van der Waals surface area contributed by atoms with Gasteiger partial charge in [-0.2, -0.15) is 0 Å². The molecule has 1 spiro atoms. The minimum Gasteiger partial charge on any atom is -0.348 e. The molecule has 3 atom stereocenters. The molecular weight excluding hydrogens is 368 g/mol. The molecule has 3 aliphatic rings. The van der Waals surface area contributed by atoms with Gasteiger partial charge in [0.2, 0.25) is 0 Å². The molecule has 0 aromatic carbocycles. The molecule has 1 unspecified atom stereocenters. The average Bonchev–Trinajstić information content (AvgIpc) is 3.15. The summed E-state index contributed by atoms with van der Waals surface area (Å²) in [7, 11) is 2.10. The lowest BCUT2D eigenvalue weighted by molar-refractivity contribution is -0.201. The van der Waals surface area contributed by atoms with E-state index in [4.69, 9.17) is 9.47 Å². The van der Waals surface area contributed by atoms with Crippen molar-refractivity contribution in [3.8, 4) is 0 Å². The maximum absolute atomic E-state index is 12.9. The molecule has 0 bridgehead atoms. The highest BCUT2D eigenvalue weighted by atomic mass is 16.7. The van der Waals surface area contributed by atoms with E-state index >= 15 is 0 Å². The topological polar surface area (TPSA) is 57.3 Å². The van der Waals surface area contributed by atoms with Crippen molar-refractivity contribution in [2.45, 2.75) is 70.7 Å². The van der Waals surface area contributed by atoms with Crippen LogP contribution in [0.4, 0.5) is 4.79 Å². The van der Waals surface area contributed by atoms with Gasteiger partial charge in [-0.25, -0.2) is 4.79 Å². The standard InChI is InChI=1S/C22H42N4O3/c1-5-10-26-17-19(23-21(27)25(7-3)12-11-24(4)6-2)15-18-16-22(9-8-20(18)26)28-13-14-29-22/h18-20H,5-17H2,1-4H3,(H,23,27)/t18-,19?,20-/m1/s1. The number of carbonyl (C=O) groups excluding carboxylic acids is 1. The van der Waals surface area contributed by atoms with E-state index in [2.05, 4.69) is 42.9 Å². The van der Waals surface area contributed by atoms with Crippen LogP contribution in [0.3, 0.4) is 0 Å². The molecule has 0 aromatic heterocycles. The van der Waals surface area contributed by atoms with Crippen molar-refractivity contribution >= 4 is 6.03 Å². The lowest BCUT2D eigenvalue weighted by Gasteiger charge is -2.51. The predicted molar refractivity (Wildman–Crippen MR) is 115 cm³/mol. The number of rotatable bonds is 8. The van der Waals surface area contributed by atoms with Gasteiger partial charge >= 0.3 is 6.03 Å². The molecule has 2 saturated heterocycles. The Hall–Kier alpha value is -0.890. The first-order valence-corrected chi connectivity index (χ1v) is 11.8. The van der Waals surface area contributed by atoms with E-state index in [1.807, 2.05) is 4.90 Å². The van der Waals surface area contributed by atoms with Crippen LogP contribution in [0.15, 0.2) is 0 Å². The summed E-state index contributed by atoms with van der Waals surface area (Å²) in [5.74, 6) is 0.166. The molecule has 2 amide bonds. The van der Waals surface area contributed by atoms with E-state index in [9.17, 15) is 4.79 Å². The summed E-state index contributed by atoms with van der Waals surface area (Å²) in [6.45, 7) is 13.4. The Morgan fingerprint density at radius 1 is 1.17 bits per heavy atom. The van der Waals surface area contributed by atoms with Gasteiger partial charge in [-0.15, -0.1) is 0 Å². The van der Waals surface area contributed by atoms with Crippen LogP contribution in [0, 0.1) is 5.92 Å². The highest BCUT2D eigenvalue weighted by Crippen LogP contribution is 2.44. The summed E-state index contributed by atoms with van der Waals surface area (Å²) in [4.78, 5) is 19.7. The van der Waals surface area contributed by atoms with E-state index in [1.54, 1.807) is 0 Å². The highest BCUT2D eigenvalue weighted by molar-refractivity contribution is 5.74. The van der Waals surface area contributed by atoms with Gasteiger partial charge in [0.1, 0.15) is 0 Å². The lowest BCUT2D eigenvalue weighted by atomic mass is 9.74. The second-order valence-electron chi connectivity index (χ2n) is 9.03. The Bertz CT molecular complexity index is 526. The number of hydrogen-bond donors (Lipinski definition) is 1. The first-order chi connectivity index (χ1) is 14.0. The maximum Gasteiger partial charge on any atom is 0.317 e. The molecular formula is C22H42N4O3. The quantitative estimate of drug-likeness (QED) is 0.666. The molecule has 2 heterocycles. The molecule has 0 aromatic rings. The Labute approximate surface area is 177 Å². The van der Waals surface area contributed by atoms with Crippen LogP contribution >= 0.6 is 0 Å². The molecule has 3 fully saturated rings. The van der Waals surface area contributed by atoms with Gasteiger partial charge in [0.05, 0.1) is 13.2 Å². The molecule has 1 N–H and O–H groups in total. The number of likely N-dealkylation sites (N-methyl/N-ethyl adjacent to an activating group) is 2. The van der Waals surface area contributed by atoms with Crippen molar-refractivity contribution in [3.63, 3.8) is 0 Å². The van der Waals surface area contributed by atoms with Crippen molar-refractivity contribution in [3.05, 3.63) is 0 Å². The third-order valence-corrected chi connectivity index (χ3v) is 7.06. The van der Waals surface area contributed by atoms with Crippen LogP contribution in [-0.2, 0) is 9.47 Å². The fourth-order valence-corrected chi connectivity index (χ4v) is 5.35. The van der Waals surface area contributed by atoms with E-state index in [0.29, 0.717) is 25.2 Å². The van der Waals surface area contributed by atoms with Crippen molar-refractivity contribution in [2.75, 3.05) is 59.5 Å². The van der Waals surface area contributed by atoms with Gasteiger partial charge in [-0.1, -0.05) is 13.8 Å². The summed E-state index contributed by atoms with van der Waals surface area (Å²) >= 11 is 0. The van der Waals surface area contributed by atoms with Gasteiger partial charge in [-0.3, -0.25) is 4.90 Å². The van der Waals surface area contributed by atoms with Crippen molar-refractivity contribution in [2.24, 2.45) is 5.92 Å². The van der Waals surface area contributed by atoms with Crippen LogP contribution in [0.5, 0.6) is 0 Å². The Kier molecular flexibility index (Phi) is 8.19. The SMILES string of the molecule is CCCN1CC(NC(=O)N(CC)CCN(C)CC)C[C@@H]2CC3(CC[C@H]21)OCCO3. The maximum atomic E-state index is 12.9. The zero-order chi connectivity index (χ0) is 20.9. The first kappa shape index (κ1) is 22.8. The number of piperidine rings is 1. The lowest BCUT2D eigenvalue weighted by Crippen LogP contribution is -2.60. The number of nitrogens with zero attached hydrogens (tertiary/aromatic N) is 3. The highest BCUT2D eigenvalue weighted by Gasteiger charge is 2.49. The van der Waals surface area contributed by atoms with Crippen molar-refractivity contribution in [1.29, 1.82) is 0 Å². The van der Waals surface area contributed by atoms with E-state index in [-0.39, 0.29) is 17.9 Å². The Morgan fingerprint density at radius 2 is 1.93 bits per heavy atom. The number of nitrogens with one attached hydrogen (secondary N) is 1. The van der Waals surface area contributed by atoms with Crippen LogP contribution in [0.2, 0.25) is 0 Å². The number of hydrogen-bond acceptors (Lipinski definition) is 5. The molecule has 3 rings (SSSR count). The van der Waals surface area contributed by atoms with Gasteiger partial charge in [0, 0.05) is 51.1 Å². The molecule has 1 saturated carbocycles. The normalized spacial score (nSPS) is 29.2. The second-order valence-corrected chi connectivity index (χ2v) is 9.03. The number of likely N-dealkylation sites (tertiary alicyclic amines) is 1. The van der Waals surface area contributed by atoms with Crippen molar-refractivity contribution in [1.82, 2.24) is 20.0 Å². The zero-order valence-corrected chi connectivity index (χ0v) is 19.0. The summed E-state index contributed by atoms with van der Waals surface area (Å²) in [6, 6.07) is 0.877. The number of ether oxygens (including phenoxy) is 2. The number of urea groups is 1. The van der Waals surface area contributed by atoms with Gasteiger partial charge in [0.25, 0.3) is 0 Å². The Balaban J connectivity index is 1.60. The smallest absolute Gasteiger partial charge is 0.317 e. The number of fused-ring (bicyclic) bond motifs is 1. The fraction of sp³-hybridized carbons (Fsp3) is 0.955. The van der Waals surface area contributed by atoms with E-state index in [0.717, 1.165) is 71.4 Å². The van der Waals surface area contributed by atoms with Crippen LogP contribution in [0.1, 0.15) is 52.9 Å². The zero-order valence-electron chi connectivity index (χ0n) is 19.0. The molecule has 0 radical (unpaired) electrons. The van der Waals surface area contributed by atoms with Crippen molar-refractivity contribution < 1.29 is 14.3 Å². The summed E-state index contributed by atoms with van der Waals surface area (Å²) in [6.07, 6.45) is 5.27. The predicted octanol–water partition coefficient (Wildman–Crippen LogP) is 2.37. The van der Waals surface area contributed by atoms with Gasteiger partial charge in [-0.05, 0) is 52.2 Å². The number of amides is 2. The molecule has 7 nitrogen and oxygen atoms in total. The Morgan fingerprint density at radius 3 is 2.59 bits per heavy atom. The molecule has 168 valence electrons. The first-order valence-electron chi connectivity index (χ1n) is 11.8. The van der Waals surface area contributed by atoms with Crippen LogP contribution in [0.25, 0.3) is 0 Å². The monoisotopic (exact) mass is 410 g/mol. The minimum absolute atomic E-state index is 0.0794. The average molecular weight is 411 g/mol. The van der Waals surface area contributed by atoms with E-state index in [1.165, 1.54) is 0 Å². The largest absolute Gasteiger partial charge is 0.348 e. The third kappa shape index (κ3) is 5.63. The molecule has 2 aliphatic heterocycles. The van der Waals surface area contributed by atoms with Crippen LogP contribution in [-0.4, -0.2) is 98.1 Å². The molecule has 1 aliphatic carbocycles. The molecule has 7 heteroatoms. The van der Waals surface area contributed by atoms with Gasteiger partial charge < -0.3 is 24.6 Å². The van der Waals surface area contributed by atoms with Gasteiger partial charge in [0.15, 0.2) is 5.79 Å². The third-order valence-electron chi connectivity index (χ3n) is 7.06. The fourth-order valence-electron chi connectivity index (χ4n) is 5.35. The molecule has 29 heavy (non-hydrogen) atoms.